The normalized spacial score (nSPS) is 12.7. The fourth-order valence-corrected chi connectivity index (χ4v) is 0.895. The molecule has 0 heterocycles. The Bertz CT molecular complexity index is 321. The number of rotatable bonds is 3. The second-order valence-electron chi connectivity index (χ2n) is 2.59. The number of hydrogen-bond acceptors (Lipinski definition) is 4. The van der Waals surface area contributed by atoms with Gasteiger partial charge in [-0.15, -0.1) is 0 Å². The Morgan fingerprint density at radius 3 is 2.71 bits per heavy atom. The lowest BCUT2D eigenvalue weighted by atomic mass is 10.2. The highest BCUT2D eigenvalue weighted by Gasteiger charge is 2.03. The number of esters is 1. The summed E-state index contributed by atoms with van der Waals surface area (Å²) < 4.78 is 4.34. The van der Waals surface area contributed by atoms with Gasteiger partial charge < -0.3 is 9.84 Å². The summed E-state index contributed by atoms with van der Waals surface area (Å²) in [6.45, 7) is 0. The number of methoxy groups -OCH3 is 1. The lowest BCUT2D eigenvalue weighted by Gasteiger charge is -2.03. The zero-order valence-corrected chi connectivity index (χ0v) is 7.75. The predicted octanol–water partition coefficient (Wildman–Crippen LogP) is 0.921. The first-order valence-electron chi connectivity index (χ1n) is 4.08. The monoisotopic (exact) mass is 193 g/mol. The van der Waals surface area contributed by atoms with Crippen LogP contribution in [-0.4, -0.2) is 24.4 Å². The minimum Gasteiger partial charge on any atom is -0.465 e. The fourth-order valence-electron chi connectivity index (χ4n) is 0.895. The molecule has 1 unspecified atom stereocenters. The maximum Gasteiger partial charge on any atom is 0.348 e. The standard InChI is InChI=1S/C10H11NO3/c1-14-9(12)7-11-10(13)8-5-3-2-4-6-8/h2-7,10,13H,1H3. The van der Waals surface area contributed by atoms with Gasteiger partial charge in [0.2, 0.25) is 0 Å². The number of carbonyl (C=O) groups is 1. The summed E-state index contributed by atoms with van der Waals surface area (Å²) in [5.74, 6) is -0.583. The zero-order valence-electron chi connectivity index (χ0n) is 7.75. The van der Waals surface area contributed by atoms with Crippen molar-refractivity contribution in [1.29, 1.82) is 0 Å². The van der Waals surface area contributed by atoms with Crippen molar-refractivity contribution in [3.8, 4) is 0 Å². The lowest BCUT2D eigenvalue weighted by Crippen LogP contribution is -2.03. The Balaban J connectivity index is 2.63. The Morgan fingerprint density at radius 1 is 1.50 bits per heavy atom. The van der Waals surface area contributed by atoms with E-state index in [0.717, 1.165) is 6.21 Å². The van der Waals surface area contributed by atoms with Crippen LogP contribution in [0.2, 0.25) is 0 Å². The summed E-state index contributed by atoms with van der Waals surface area (Å²) in [6.07, 6.45) is -0.0622. The number of carbonyl (C=O) groups excluding carboxylic acids is 1. The summed E-state index contributed by atoms with van der Waals surface area (Å²) >= 11 is 0. The van der Waals surface area contributed by atoms with Crippen molar-refractivity contribution in [2.45, 2.75) is 6.23 Å². The van der Waals surface area contributed by atoms with Crippen LogP contribution in [0.15, 0.2) is 35.3 Å². The first-order chi connectivity index (χ1) is 6.74. The van der Waals surface area contributed by atoms with E-state index in [1.807, 2.05) is 6.07 Å². The molecule has 0 aliphatic rings. The summed E-state index contributed by atoms with van der Waals surface area (Å²) in [6, 6.07) is 8.84. The highest BCUT2D eigenvalue weighted by atomic mass is 16.5. The van der Waals surface area contributed by atoms with Gasteiger partial charge in [-0.2, -0.15) is 0 Å². The molecule has 0 bridgehead atoms. The first kappa shape index (κ1) is 10.4. The van der Waals surface area contributed by atoms with E-state index in [9.17, 15) is 9.90 Å². The number of aliphatic hydroxyl groups is 1. The van der Waals surface area contributed by atoms with Crippen molar-refractivity contribution < 1.29 is 14.6 Å². The highest BCUT2D eigenvalue weighted by molar-refractivity contribution is 6.23. The number of ether oxygens (including phenoxy) is 1. The van der Waals surface area contributed by atoms with E-state index >= 15 is 0 Å². The molecule has 1 rings (SSSR count). The molecule has 14 heavy (non-hydrogen) atoms. The molecular formula is C10H11NO3. The first-order valence-corrected chi connectivity index (χ1v) is 4.08. The maximum atomic E-state index is 10.7. The fraction of sp³-hybridized carbons (Fsp3) is 0.200. The van der Waals surface area contributed by atoms with Gasteiger partial charge >= 0.3 is 5.97 Å². The van der Waals surface area contributed by atoms with Crippen molar-refractivity contribution in [2.75, 3.05) is 7.11 Å². The molecule has 1 aromatic rings. The van der Waals surface area contributed by atoms with Gasteiger partial charge in [0.1, 0.15) is 6.21 Å². The number of hydrogen-bond donors (Lipinski definition) is 1. The third-order valence-corrected chi connectivity index (χ3v) is 1.62. The largest absolute Gasteiger partial charge is 0.465 e. The predicted molar refractivity (Wildman–Crippen MR) is 51.9 cm³/mol. The van der Waals surface area contributed by atoms with Crippen LogP contribution in [0, 0.1) is 0 Å². The molecule has 4 nitrogen and oxygen atoms in total. The van der Waals surface area contributed by atoms with Gasteiger partial charge in [-0.05, 0) is 0 Å². The summed E-state index contributed by atoms with van der Waals surface area (Å²) in [5.41, 5.74) is 0.632. The minimum atomic E-state index is -1.02. The maximum absolute atomic E-state index is 10.7. The lowest BCUT2D eigenvalue weighted by molar-refractivity contribution is -0.132. The smallest absolute Gasteiger partial charge is 0.348 e. The van der Waals surface area contributed by atoms with E-state index in [1.54, 1.807) is 24.3 Å². The number of aliphatic imine (C=N–C) groups is 1. The van der Waals surface area contributed by atoms with Gasteiger partial charge in [-0.25, -0.2) is 4.79 Å². The SMILES string of the molecule is COC(=O)C=NC(O)c1ccccc1. The molecule has 0 saturated carbocycles. The van der Waals surface area contributed by atoms with Crippen molar-refractivity contribution in [3.63, 3.8) is 0 Å². The number of aliphatic hydroxyl groups excluding tert-OH is 1. The molecule has 0 spiro atoms. The van der Waals surface area contributed by atoms with E-state index in [1.165, 1.54) is 7.11 Å². The quantitative estimate of drug-likeness (QED) is 0.573. The van der Waals surface area contributed by atoms with E-state index in [-0.39, 0.29) is 0 Å². The summed E-state index contributed by atoms with van der Waals surface area (Å²) in [7, 11) is 1.25. The number of benzene rings is 1. The van der Waals surface area contributed by atoms with Crippen LogP contribution in [0.1, 0.15) is 11.8 Å². The van der Waals surface area contributed by atoms with Crippen LogP contribution < -0.4 is 0 Å². The van der Waals surface area contributed by atoms with Crippen LogP contribution in [0.5, 0.6) is 0 Å². The molecule has 1 atom stereocenters. The molecule has 4 heteroatoms. The Morgan fingerprint density at radius 2 is 2.14 bits per heavy atom. The van der Waals surface area contributed by atoms with Crippen molar-refractivity contribution in [3.05, 3.63) is 35.9 Å². The molecule has 74 valence electrons. The van der Waals surface area contributed by atoms with Gasteiger partial charge in [-0.3, -0.25) is 4.99 Å². The molecule has 1 N–H and O–H groups in total. The van der Waals surface area contributed by atoms with Crippen LogP contribution in [-0.2, 0) is 9.53 Å². The Hall–Kier alpha value is -1.68. The van der Waals surface area contributed by atoms with Crippen molar-refractivity contribution in [1.82, 2.24) is 0 Å². The van der Waals surface area contributed by atoms with Gasteiger partial charge in [0.15, 0.2) is 6.23 Å². The second kappa shape index (κ2) is 5.14. The summed E-state index contributed by atoms with van der Waals surface area (Å²) in [4.78, 5) is 14.3. The van der Waals surface area contributed by atoms with E-state index in [2.05, 4.69) is 9.73 Å². The molecule has 0 amide bonds. The van der Waals surface area contributed by atoms with E-state index in [0.29, 0.717) is 5.56 Å². The Kier molecular flexibility index (Phi) is 3.82. The van der Waals surface area contributed by atoms with Gasteiger partial charge in [0, 0.05) is 5.56 Å². The third kappa shape index (κ3) is 2.99. The molecule has 0 saturated heterocycles. The van der Waals surface area contributed by atoms with Crippen LogP contribution in [0.3, 0.4) is 0 Å². The molecule has 0 aliphatic heterocycles. The molecule has 1 aromatic carbocycles. The van der Waals surface area contributed by atoms with Gasteiger partial charge in [0.25, 0.3) is 0 Å². The summed E-state index contributed by atoms with van der Waals surface area (Å²) in [5, 5.41) is 9.46. The highest BCUT2D eigenvalue weighted by Crippen LogP contribution is 2.12. The van der Waals surface area contributed by atoms with Crippen molar-refractivity contribution >= 4 is 12.2 Å². The van der Waals surface area contributed by atoms with Crippen LogP contribution in [0.4, 0.5) is 0 Å². The molecule has 0 aromatic heterocycles. The van der Waals surface area contributed by atoms with Gasteiger partial charge in [-0.1, -0.05) is 30.3 Å². The zero-order chi connectivity index (χ0) is 10.4. The van der Waals surface area contributed by atoms with Crippen LogP contribution >= 0.6 is 0 Å². The van der Waals surface area contributed by atoms with E-state index in [4.69, 9.17) is 0 Å². The Labute approximate surface area is 81.9 Å². The molecular weight excluding hydrogens is 182 g/mol. The van der Waals surface area contributed by atoms with Gasteiger partial charge in [0.05, 0.1) is 7.11 Å². The molecule has 0 fully saturated rings. The third-order valence-electron chi connectivity index (χ3n) is 1.62. The number of nitrogens with zero attached hydrogens (tertiary/aromatic N) is 1. The average molecular weight is 193 g/mol. The molecule has 0 aliphatic carbocycles. The average Bonchev–Trinajstić information content (AvgIpc) is 2.26. The van der Waals surface area contributed by atoms with Crippen molar-refractivity contribution in [2.24, 2.45) is 4.99 Å². The molecule has 0 radical (unpaired) electrons. The van der Waals surface area contributed by atoms with E-state index < -0.39 is 12.2 Å². The topological polar surface area (TPSA) is 58.9 Å². The van der Waals surface area contributed by atoms with Crippen LogP contribution in [0.25, 0.3) is 0 Å². The second-order valence-corrected chi connectivity index (χ2v) is 2.59. The minimum absolute atomic E-state index is 0.583.